The second-order valence-electron chi connectivity index (χ2n) is 4.37. The van der Waals surface area contributed by atoms with Gasteiger partial charge in [0.2, 0.25) is 0 Å². The van der Waals surface area contributed by atoms with Crippen LogP contribution in [0.3, 0.4) is 0 Å². The highest BCUT2D eigenvalue weighted by molar-refractivity contribution is 6.35. The second kappa shape index (κ2) is 6.98. The fourth-order valence-electron chi connectivity index (χ4n) is 1.94. The maximum absolute atomic E-state index is 10.7. The van der Waals surface area contributed by atoms with Crippen molar-refractivity contribution in [3.05, 3.63) is 33.8 Å². The van der Waals surface area contributed by atoms with Crippen LogP contribution < -0.4 is 5.73 Å². The molecule has 1 rings (SSSR count). The lowest BCUT2D eigenvalue weighted by Gasteiger charge is -2.21. The molecule has 0 saturated heterocycles. The highest BCUT2D eigenvalue weighted by atomic mass is 35.5. The summed E-state index contributed by atoms with van der Waals surface area (Å²) in [5.41, 5.74) is 6.86. The predicted molar refractivity (Wildman–Crippen MR) is 74.2 cm³/mol. The Balaban J connectivity index is 2.76. The zero-order valence-corrected chi connectivity index (χ0v) is 11.7. The molecule has 0 spiro atoms. The molecule has 0 fully saturated rings. The molecule has 3 nitrogen and oxygen atoms in total. The molecule has 5 heteroatoms. The van der Waals surface area contributed by atoms with E-state index in [9.17, 15) is 4.79 Å². The van der Waals surface area contributed by atoms with Gasteiger partial charge in [-0.1, -0.05) is 42.6 Å². The fraction of sp³-hybridized carbons (Fsp3) is 0.462. The first-order valence-corrected chi connectivity index (χ1v) is 6.61. The Bertz CT molecular complexity index is 423. The number of benzene rings is 1. The number of carboxylic acids is 1. The Labute approximate surface area is 117 Å². The maximum Gasteiger partial charge on any atom is 0.304 e. The molecule has 0 aliphatic rings. The standard InChI is InChI=1S/C13H17Cl2NO2/c1-2-8(12(16)7-13(17)18)5-9-3-4-10(14)6-11(9)15/h3-4,6,8,12H,2,5,7,16H2,1H3,(H,17,18). The minimum Gasteiger partial charge on any atom is -0.481 e. The Hall–Kier alpha value is -0.770. The van der Waals surface area contributed by atoms with Crippen molar-refractivity contribution >= 4 is 29.2 Å². The van der Waals surface area contributed by atoms with Gasteiger partial charge in [0.15, 0.2) is 0 Å². The predicted octanol–water partition coefficient (Wildman–Crippen LogP) is 3.36. The molecule has 0 saturated carbocycles. The van der Waals surface area contributed by atoms with E-state index in [1.54, 1.807) is 12.1 Å². The summed E-state index contributed by atoms with van der Waals surface area (Å²) >= 11 is 11.9. The van der Waals surface area contributed by atoms with Crippen LogP contribution in [0.5, 0.6) is 0 Å². The highest BCUT2D eigenvalue weighted by Gasteiger charge is 2.20. The Morgan fingerprint density at radius 2 is 2.11 bits per heavy atom. The van der Waals surface area contributed by atoms with E-state index in [0.717, 1.165) is 12.0 Å². The van der Waals surface area contributed by atoms with Gasteiger partial charge in [0.25, 0.3) is 0 Å². The van der Waals surface area contributed by atoms with Crippen molar-refractivity contribution in [3.63, 3.8) is 0 Å². The molecule has 0 radical (unpaired) electrons. The molecule has 0 heterocycles. The number of nitrogens with two attached hydrogens (primary N) is 1. The van der Waals surface area contributed by atoms with Crippen molar-refractivity contribution in [2.75, 3.05) is 0 Å². The second-order valence-corrected chi connectivity index (χ2v) is 5.21. The maximum atomic E-state index is 10.7. The summed E-state index contributed by atoms with van der Waals surface area (Å²) in [5.74, 6) is -0.775. The van der Waals surface area contributed by atoms with E-state index in [1.807, 2.05) is 13.0 Å². The molecule has 3 N–H and O–H groups in total. The number of carbonyl (C=O) groups is 1. The van der Waals surface area contributed by atoms with Crippen molar-refractivity contribution in [1.29, 1.82) is 0 Å². The Kier molecular flexibility index (Phi) is 5.93. The average molecular weight is 290 g/mol. The summed E-state index contributed by atoms with van der Waals surface area (Å²) in [6.07, 6.45) is 1.46. The molecule has 1 aromatic carbocycles. The van der Waals surface area contributed by atoms with E-state index in [-0.39, 0.29) is 18.4 Å². The van der Waals surface area contributed by atoms with Crippen molar-refractivity contribution in [1.82, 2.24) is 0 Å². The van der Waals surface area contributed by atoms with E-state index in [1.165, 1.54) is 0 Å². The van der Waals surface area contributed by atoms with Crippen LogP contribution in [0, 0.1) is 5.92 Å². The van der Waals surface area contributed by atoms with Gasteiger partial charge in [-0.25, -0.2) is 0 Å². The lowest BCUT2D eigenvalue weighted by atomic mass is 9.88. The Morgan fingerprint density at radius 3 is 2.61 bits per heavy atom. The van der Waals surface area contributed by atoms with Gasteiger partial charge in [-0.15, -0.1) is 0 Å². The molecule has 100 valence electrons. The molecular formula is C13H17Cl2NO2. The van der Waals surface area contributed by atoms with Crippen molar-refractivity contribution < 1.29 is 9.90 Å². The first-order chi connectivity index (χ1) is 8.43. The smallest absolute Gasteiger partial charge is 0.304 e. The quantitative estimate of drug-likeness (QED) is 0.844. The third kappa shape index (κ3) is 4.48. The van der Waals surface area contributed by atoms with Crippen LogP contribution in [0.2, 0.25) is 10.0 Å². The van der Waals surface area contributed by atoms with Gasteiger partial charge in [-0.3, -0.25) is 4.79 Å². The van der Waals surface area contributed by atoms with Gasteiger partial charge in [0, 0.05) is 16.1 Å². The fourth-order valence-corrected chi connectivity index (χ4v) is 2.42. The average Bonchev–Trinajstić information content (AvgIpc) is 2.27. The minimum absolute atomic E-state index is 0.0241. The molecule has 2 unspecified atom stereocenters. The topological polar surface area (TPSA) is 63.3 Å². The van der Waals surface area contributed by atoms with Crippen LogP contribution in [-0.4, -0.2) is 17.1 Å². The van der Waals surface area contributed by atoms with E-state index in [4.69, 9.17) is 34.0 Å². The summed E-state index contributed by atoms with van der Waals surface area (Å²) in [7, 11) is 0. The summed E-state index contributed by atoms with van der Waals surface area (Å²) in [4.78, 5) is 10.7. The third-order valence-corrected chi connectivity index (χ3v) is 3.62. The summed E-state index contributed by atoms with van der Waals surface area (Å²) in [6.45, 7) is 2.00. The number of rotatable bonds is 6. The van der Waals surface area contributed by atoms with Crippen LogP contribution in [0.4, 0.5) is 0 Å². The Morgan fingerprint density at radius 1 is 1.44 bits per heavy atom. The van der Waals surface area contributed by atoms with Crippen LogP contribution in [-0.2, 0) is 11.2 Å². The molecule has 18 heavy (non-hydrogen) atoms. The monoisotopic (exact) mass is 289 g/mol. The van der Waals surface area contributed by atoms with Gasteiger partial charge in [0.05, 0.1) is 6.42 Å². The van der Waals surface area contributed by atoms with Gasteiger partial charge in [0.1, 0.15) is 0 Å². The highest BCUT2D eigenvalue weighted by Crippen LogP contribution is 2.25. The zero-order valence-electron chi connectivity index (χ0n) is 10.2. The number of carboxylic acid groups (broad SMARTS) is 1. The van der Waals surface area contributed by atoms with Gasteiger partial charge < -0.3 is 10.8 Å². The van der Waals surface area contributed by atoms with Crippen LogP contribution in [0.15, 0.2) is 18.2 Å². The van der Waals surface area contributed by atoms with E-state index >= 15 is 0 Å². The van der Waals surface area contributed by atoms with Crippen molar-refractivity contribution in [2.45, 2.75) is 32.2 Å². The zero-order chi connectivity index (χ0) is 13.7. The minimum atomic E-state index is -0.872. The molecule has 0 aliphatic carbocycles. The van der Waals surface area contributed by atoms with E-state index in [2.05, 4.69) is 0 Å². The van der Waals surface area contributed by atoms with Gasteiger partial charge in [-0.05, 0) is 30.0 Å². The largest absolute Gasteiger partial charge is 0.481 e. The number of aliphatic carboxylic acids is 1. The summed E-state index contributed by atoms with van der Waals surface area (Å²) in [6, 6.07) is 4.96. The van der Waals surface area contributed by atoms with Crippen molar-refractivity contribution in [2.24, 2.45) is 11.7 Å². The molecule has 0 aromatic heterocycles. The lowest BCUT2D eigenvalue weighted by Crippen LogP contribution is -2.33. The molecule has 1 aromatic rings. The normalized spacial score (nSPS) is 14.2. The van der Waals surface area contributed by atoms with Crippen LogP contribution in [0.25, 0.3) is 0 Å². The lowest BCUT2D eigenvalue weighted by molar-refractivity contribution is -0.137. The first-order valence-electron chi connectivity index (χ1n) is 5.85. The van der Waals surface area contributed by atoms with Gasteiger partial charge >= 0.3 is 5.97 Å². The number of hydrogen-bond acceptors (Lipinski definition) is 2. The third-order valence-electron chi connectivity index (χ3n) is 3.04. The van der Waals surface area contributed by atoms with Crippen LogP contribution in [0.1, 0.15) is 25.3 Å². The molecule has 2 atom stereocenters. The number of hydrogen-bond donors (Lipinski definition) is 2. The van der Waals surface area contributed by atoms with E-state index in [0.29, 0.717) is 16.5 Å². The summed E-state index contributed by atoms with van der Waals surface area (Å²) in [5, 5.41) is 9.95. The molecule has 0 bridgehead atoms. The molecular weight excluding hydrogens is 273 g/mol. The SMILES string of the molecule is CCC(Cc1ccc(Cl)cc1Cl)C(N)CC(=O)O. The molecule has 0 amide bonds. The first kappa shape index (κ1) is 15.3. The van der Waals surface area contributed by atoms with Crippen molar-refractivity contribution in [3.8, 4) is 0 Å². The van der Waals surface area contributed by atoms with E-state index < -0.39 is 5.97 Å². The molecule has 0 aliphatic heterocycles. The number of halogens is 2. The summed E-state index contributed by atoms with van der Waals surface area (Å²) < 4.78 is 0. The van der Waals surface area contributed by atoms with Crippen LogP contribution >= 0.6 is 23.2 Å². The van der Waals surface area contributed by atoms with Gasteiger partial charge in [-0.2, -0.15) is 0 Å².